The van der Waals surface area contributed by atoms with E-state index in [0.29, 0.717) is 16.9 Å². The van der Waals surface area contributed by atoms with Crippen molar-refractivity contribution in [2.45, 2.75) is 25.5 Å². The first kappa shape index (κ1) is 12.8. The number of carboxylic acid groups (broad SMARTS) is 1. The number of carbonyl (C=O) groups is 1. The fraction of sp³-hybridized carbons (Fsp3) is 0.417. The van der Waals surface area contributed by atoms with Crippen LogP contribution in [-0.4, -0.2) is 17.9 Å². The van der Waals surface area contributed by atoms with E-state index in [0.717, 1.165) is 0 Å². The topological polar surface area (TPSA) is 81.8 Å². The lowest BCUT2D eigenvalue weighted by atomic mass is 9.98. The van der Waals surface area contributed by atoms with Crippen molar-refractivity contribution >= 4 is 5.97 Å². The van der Waals surface area contributed by atoms with Crippen LogP contribution in [0.5, 0.6) is 5.75 Å². The third-order valence-electron chi connectivity index (χ3n) is 2.77. The molecule has 0 radical (unpaired) electrons. The van der Waals surface area contributed by atoms with Crippen LogP contribution >= 0.6 is 0 Å². The maximum absolute atomic E-state index is 13.4. The first-order valence-corrected chi connectivity index (χ1v) is 5.58. The summed E-state index contributed by atoms with van der Waals surface area (Å²) in [4.78, 5) is 10.5. The molecule has 98 valence electrons. The van der Waals surface area contributed by atoms with Crippen LogP contribution < -0.4 is 10.5 Å². The minimum Gasteiger partial charge on any atom is -0.481 e. The summed E-state index contributed by atoms with van der Waals surface area (Å²) >= 11 is 0. The first-order valence-electron chi connectivity index (χ1n) is 5.58. The van der Waals surface area contributed by atoms with E-state index in [-0.39, 0.29) is 26.2 Å². The van der Waals surface area contributed by atoms with Crippen LogP contribution in [0.3, 0.4) is 0 Å². The summed E-state index contributed by atoms with van der Waals surface area (Å²) in [6, 6.07) is 2.06. The summed E-state index contributed by atoms with van der Waals surface area (Å²) in [7, 11) is 0. The van der Waals surface area contributed by atoms with Gasteiger partial charge < -0.3 is 20.3 Å². The molecule has 2 rings (SSSR count). The molecule has 0 aromatic heterocycles. The van der Waals surface area contributed by atoms with Crippen molar-refractivity contribution < 1.29 is 23.8 Å². The van der Waals surface area contributed by atoms with Crippen molar-refractivity contribution in [3.8, 4) is 5.75 Å². The van der Waals surface area contributed by atoms with E-state index < -0.39 is 17.8 Å². The van der Waals surface area contributed by atoms with Gasteiger partial charge in [0.1, 0.15) is 11.6 Å². The fourth-order valence-corrected chi connectivity index (χ4v) is 1.92. The van der Waals surface area contributed by atoms with Gasteiger partial charge in [-0.05, 0) is 18.6 Å². The Hall–Kier alpha value is -1.66. The number of fused-ring (bicyclic) bond motifs is 1. The quantitative estimate of drug-likeness (QED) is 0.853. The third-order valence-corrected chi connectivity index (χ3v) is 2.77. The van der Waals surface area contributed by atoms with Gasteiger partial charge in [0, 0.05) is 23.6 Å². The molecule has 0 spiro atoms. The largest absolute Gasteiger partial charge is 0.481 e. The number of aliphatic carboxylic acids is 1. The Kier molecular flexibility index (Phi) is 3.78. The molecule has 1 unspecified atom stereocenters. The van der Waals surface area contributed by atoms with Crippen LogP contribution in [-0.2, 0) is 16.1 Å². The lowest BCUT2D eigenvalue weighted by molar-refractivity contribution is -0.137. The predicted molar refractivity (Wildman–Crippen MR) is 60.5 cm³/mol. The second-order valence-electron chi connectivity index (χ2n) is 4.13. The van der Waals surface area contributed by atoms with E-state index in [2.05, 4.69) is 0 Å². The number of hydrogen-bond acceptors (Lipinski definition) is 4. The van der Waals surface area contributed by atoms with Crippen LogP contribution in [0.15, 0.2) is 12.1 Å². The van der Waals surface area contributed by atoms with Crippen molar-refractivity contribution in [2.75, 3.05) is 6.79 Å². The molecule has 1 atom stereocenters. The van der Waals surface area contributed by atoms with Crippen LogP contribution in [0.2, 0.25) is 0 Å². The van der Waals surface area contributed by atoms with Gasteiger partial charge >= 0.3 is 5.97 Å². The van der Waals surface area contributed by atoms with E-state index >= 15 is 0 Å². The molecule has 0 amide bonds. The molecule has 0 saturated carbocycles. The first-order chi connectivity index (χ1) is 8.58. The predicted octanol–water partition coefficient (Wildman–Crippen LogP) is 1.56. The molecule has 0 aliphatic carbocycles. The van der Waals surface area contributed by atoms with Crippen molar-refractivity contribution in [3.05, 3.63) is 29.1 Å². The molecule has 5 nitrogen and oxygen atoms in total. The van der Waals surface area contributed by atoms with Gasteiger partial charge in [0.15, 0.2) is 6.79 Å². The Morgan fingerprint density at radius 3 is 3.06 bits per heavy atom. The molecule has 1 aliphatic heterocycles. The zero-order valence-corrected chi connectivity index (χ0v) is 9.69. The van der Waals surface area contributed by atoms with Crippen molar-refractivity contribution in [2.24, 2.45) is 5.73 Å². The minimum atomic E-state index is -0.931. The molecular formula is C12H14FNO4. The summed E-state index contributed by atoms with van der Waals surface area (Å²) in [6.07, 6.45) is 0.165. The van der Waals surface area contributed by atoms with Gasteiger partial charge in [-0.3, -0.25) is 4.79 Å². The van der Waals surface area contributed by atoms with Gasteiger partial charge in [-0.15, -0.1) is 0 Å². The second kappa shape index (κ2) is 5.32. The molecule has 1 aromatic rings. The summed E-state index contributed by atoms with van der Waals surface area (Å²) in [6.45, 7) is 0.364. The Labute approximate surface area is 103 Å². The third kappa shape index (κ3) is 2.77. The number of rotatable bonds is 4. The van der Waals surface area contributed by atoms with E-state index in [1.165, 1.54) is 12.1 Å². The van der Waals surface area contributed by atoms with Crippen LogP contribution in [0, 0.1) is 5.82 Å². The summed E-state index contributed by atoms with van der Waals surface area (Å²) < 4.78 is 23.8. The summed E-state index contributed by atoms with van der Waals surface area (Å²) in [5.41, 5.74) is 6.98. The average Bonchev–Trinajstić information content (AvgIpc) is 2.34. The summed E-state index contributed by atoms with van der Waals surface area (Å²) in [5.74, 6) is -0.843. The van der Waals surface area contributed by atoms with Crippen LogP contribution in [0.4, 0.5) is 4.39 Å². The zero-order valence-electron chi connectivity index (χ0n) is 9.69. The Balaban J connectivity index is 2.25. The number of carboxylic acids is 1. The number of hydrogen-bond donors (Lipinski definition) is 2. The van der Waals surface area contributed by atoms with Gasteiger partial charge in [-0.2, -0.15) is 0 Å². The van der Waals surface area contributed by atoms with Crippen molar-refractivity contribution in [1.29, 1.82) is 0 Å². The molecule has 18 heavy (non-hydrogen) atoms. The lowest BCUT2D eigenvalue weighted by Crippen LogP contribution is -2.19. The zero-order chi connectivity index (χ0) is 13.1. The molecule has 6 heteroatoms. The highest BCUT2D eigenvalue weighted by atomic mass is 19.1. The van der Waals surface area contributed by atoms with E-state index in [9.17, 15) is 9.18 Å². The SMILES string of the molecule is NC(CCC(=O)O)c1cc(F)cc2c1OCOC2. The number of nitrogens with two attached hydrogens (primary N) is 1. The molecule has 1 heterocycles. The molecule has 1 aromatic carbocycles. The monoisotopic (exact) mass is 255 g/mol. The van der Waals surface area contributed by atoms with Crippen LogP contribution in [0.25, 0.3) is 0 Å². The van der Waals surface area contributed by atoms with Crippen molar-refractivity contribution in [1.82, 2.24) is 0 Å². The van der Waals surface area contributed by atoms with E-state index in [1.54, 1.807) is 0 Å². The van der Waals surface area contributed by atoms with E-state index in [1.807, 2.05) is 0 Å². The molecule has 3 N–H and O–H groups in total. The number of halogens is 1. The van der Waals surface area contributed by atoms with Crippen LogP contribution in [0.1, 0.15) is 30.0 Å². The van der Waals surface area contributed by atoms with Gasteiger partial charge in [-0.1, -0.05) is 0 Å². The summed E-state index contributed by atoms with van der Waals surface area (Å²) in [5, 5.41) is 8.62. The normalized spacial score (nSPS) is 15.7. The van der Waals surface area contributed by atoms with Gasteiger partial charge in [0.25, 0.3) is 0 Å². The van der Waals surface area contributed by atoms with Gasteiger partial charge in [0.2, 0.25) is 0 Å². The standard InChI is InChI=1S/C12H14FNO4/c13-8-3-7-5-17-6-18-12(7)9(4-8)10(14)1-2-11(15)16/h3-4,10H,1-2,5-6,14H2,(H,15,16). The molecule has 0 saturated heterocycles. The number of benzene rings is 1. The molecule has 1 aliphatic rings. The highest BCUT2D eigenvalue weighted by molar-refractivity contribution is 5.66. The Morgan fingerprint density at radius 2 is 2.33 bits per heavy atom. The highest BCUT2D eigenvalue weighted by Gasteiger charge is 2.21. The van der Waals surface area contributed by atoms with E-state index in [4.69, 9.17) is 20.3 Å². The molecular weight excluding hydrogens is 241 g/mol. The highest BCUT2D eigenvalue weighted by Crippen LogP contribution is 2.34. The van der Waals surface area contributed by atoms with Gasteiger partial charge in [0.05, 0.1) is 6.61 Å². The average molecular weight is 255 g/mol. The lowest BCUT2D eigenvalue weighted by Gasteiger charge is -2.23. The second-order valence-corrected chi connectivity index (χ2v) is 4.13. The van der Waals surface area contributed by atoms with Gasteiger partial charge in [-0.25, -0.2) is 4.39 Å². The fourth-order valence-electron chi connectivity index (χ4n) is 1.92. The Bertz CT molecular complexity index is 464. The molecule has 0 bridgehead atoms. The minimum absolute atomic E-state index is 0.0665. The smallest absolute Gasteiger partial charge is 0.303 e. The van der Waals surface area contributed by atoms with Crippen molar-refractivity contribution in [3.63, 3.8) is 0 Å². The number of ether oxygens (including phenoxy) is 2. The maximum atomic E-state index is 13.4. The maximum Gasteiger partial charge on any atom is 0.303 e. The Morgan fingerprint density at radius 1 is 1.56 bits per heavy atom. The molecule has 0 fully saturated rings.